The van der Waals surface area contributed by atoms with Gasteiger partial charge in [0, 0.05) is 4.88 Å². The Morgan fingerprint density at radius 2 is 1.67 bits per heavy atom. The van der Waals surface area contributed by atoms with E-state index in [0.717, 1.165) is 4.88 Å². The van der Waals surface area contributed by atoms with Crippen molar-refractivity contribution in [3.63, 3.8) is 0 Å². The summed E-state index contributed by atoms with van der Waals surface area (Å²) >= 11 is 1.62. The fourth-order valence-corrected chi connectivity index (χ4v) is 3.09. The Labute approximate surface area is 144 Å². The van der Waals surface area contributed by atoms with Crippen LogP contribution in [0.5, 0.6) is 5.75 Å². The molecule has 3 rings (SSSR count). The molecule has 1 heterocycles. The summed E-state index contributed by atoms with van der Waals surface area (Å²) in [6.45, 7) is 0.482. The maximum Gasteiger partial charge on any atom is 0.258 e. The highest BCUT2D eigenvalue weighted by atomic mass is 32.1. The number of aliphatic hydroxyl groups is 1. The highest BCUT2D eigenvalue weighted by Gasteiger charge is 2.37. The van der Waals surface area contributed by atoms with Gasteiger partial charge in [-0.05, 0) is 34.7 Å². The van der Waals surface area contributed by atoms with E-state index in [1.54, 1.807) is 59.9 Å². The smallest absolute Gasteiger partial charge is 0.258 e. The Hall–Kier alpha value is -2.63. The molecule has 4 nitrogen and oxygen atoms in total. The van der Waals surface area contributed by atoms with Crippen molar-refractivity contribution >= 4 is 17.2 Å². The zero-order chi connectivity index (χ0) is 17.0. The minimum Gasteiger partial charge on any atom is -0.488 e. The van der Waals surface area contributed by atoms with Gasteiger partial charge in [-0.25, -0.2) is 0 Å². The first-order valence-corrected chi connectivity index (χ1v) is 8.32. The predicted octanol–water partition coefficient (Wildman–Crippen LogP) is 3.05. The number of carbonyl (C=O) groups is 1. The standard InChI is InChI=1S/C19H17NO3S/c20-18(21)19(22,14-5-2-1-3-6-14)15-8-10-16(11-9-15)23-13-17-7-4-12-24-17/h1-12,22H,13H2,(H2,20,21). The Kier molecular flexibility index (Phi) is 4.64. The Morgan fingerprint density at radius 3 is 2.25 bits per heavy atom. The van der Waals surface area contributed by atoms with Gasteiger partial charge in [0.05, 0.1) is 0 Å². The van der Waals surface area contributed by atoms with E-state index < -0.39 is 11.5 Å². The van der Waals surface area contributed by atoms with Gasteiger partial charge in [-0.15, -0.1) is 11.3 Å². The predicted molar refractivity (Wildman–Crippen MR) is 93.7 cm³/mol. The quantitative estimate of drug-likeness (QED) is 0.725. The minimum atomic E-state index is -1.87. The first-order valence-electron chi connectivity index (χ1n) is 7.44. The molecule has 0 fully saturated rings. The van der Waals surface area contributed by atoms with E-state index in [1.807, 2.05) is 23.6 Å². The summed E-state index contributed by atoms with van der Waals surface area (Å²) in [7, 11) is 0. The van der Waals surface area contributed by atoms with Gasteiger partial charge in [0.2, 0.25) is 0 Å². The fourth-order valence-electron chi connectivity index (χ4n) is 2.47. The highest BCUT2D eigenvalue weighted by molar-refractivity contribution is 7.09. The van der Waals surface area contributed by atoms with Crippen LogP contribution in [0.3, 0.4) is 0 Å². The van der Waals surface area contributed by atoms with Gasteiger partial charge in [-0.1, -0.05) is 48.5 Å². The molecule has 0 radical (unpaired) electrons. The van der Waals surface area contributed by atoms with E-state index >= 15 is 0 Å². The van der Waals surface area contributed by atoms with Crippen LogP contribution < -0.4 is 10.5 Å². The molecule has 0 aliphatic carbocycles. The van der Waals surface area contributed by atoms with Crippen LogP contribution in [0, 0.1) is 0 Å². The van der Waals surface area contributed by atoms with Crippen LogP contribution in [-0.4, -0.2) is 11.0 Å². The van der Waals surface area contributed by atoms with E-state index in [0.29, 0.717) is 23.5 Å². The zero-order valence-corrected chi connectivity index (χ0v) is 13.7. The number of amides is 1. The molecule has 24 heavy (non-hydrogen) atoms. The van der Waals surface area contributed by atoms with Crippen LogP contribution in [0.25, 0.3) is 0 Å². The molecule has 0 bridgehead atoms. The summed E-state index contributed by atoms with van der Waals surface area (Å²) in [5.74, 6) is -0.159. The number of carbonyl (C=O) groups excluding carboxylic acids is 1. The first kappa shape index (κ1) is 16.2. The summed E-state index contributed by atoms with van der Waals surface area (Å²) in [6.07, 6.45) is 0. The molecule has 3 N–H and O–H groups in total. The van der Waals surface area contributed by atoms with Gasteiger partial charge < -0.3 is 15.6 Å². The van der Waals surface area contributed by atoms with Crippen LogP contribution in [0.2, 0.25) is 0 Å². The van der Waals surface area contributed by atoms with Crippen molar-refractivity contribution in [3.8, 4) is 5.75 Å². The van der Waals surface area contributed by atoms with E-state index in [1.165, 1.54) is 0 Å². The second-order valence-electron chi connectivity index (χ2n) is 5.33. The van der Waals surface area contributed by atoms with Gasteiger partial charge in [0.15, 0.2) is 5.60 Å². The molecule has 1 amide bonds. The molecular formula is C19H17NO3S. The molecule has 0 spiro atoms. The summed E-state index contributed by atoms with van der Waals surface area (Å²) in [5, 5.41) is 12.9. The fraction of sp³-hybridized carbons (Fsp3) is 0.105. The van der Waals surface area contributed by atoms with Crippen molar-refractivity contribution < 1.29 is 14.6 Å². The lowest BCUT2D eigenvalue weighted by Crippen LogP contribution is -2.42. The molecule has 5 heteroatoms. The monoisotopic (exact) mass is 339 g/mol. The minimum absolute atomic E-state index is 0.407. The molecule has 0 saturated heterocycles. The van der Waals surface area contributed by atoms with Crippen molar-refractivity contribution in [2.75, 3.05) is 0 Å². The number of primary amides is 1. The molecule has 0 aliphatic heterocycles. The van der Waals surface area contributed by atoms with E-state index in [2.05, 4.69) is 0 Å². The number of thiophene rings is 1. The highest BCUT2D eigenvalue weighted by Crippen LogP contribution is 2.30. The third-order valence-corrected chi connectivity index (χ3v) is 4.63. The molecule has 0 aliphatic rings. The third kappa shape index (κ3) is 3.18. The molecule has 1 atom stereocenters. The van der Waals surface area contributed by atoms with E-state index in [9.17, 15) is 9.90 Å². The number of benzene rings is 2. The average molecular weight is 339 g/mol. The lowest BCUT2D eigenvalue weighted by atomic mass is 9.86. The van der Waals surface area contributed by atoms with Crippen LogP contribution >= 0.6 is 11.3 Å². The van der Waals surface area contributed by atoms with Crippen molar-refractivity contribution in [2.24, 2.45) is 5.73 Å². The number of rotatable bonds is 6. The summed E-state index contributed by atoms with van der Waals surface area (Å²) < 4.78 is 5.70. The Balaban J connectivity index is 1.83. The normalized spacial score (nSPS) is 13.2. The van der Waals surface area contributed by atoms with Gasteiger partial charge in [0.1, 0.15) is 12.4 Å². The largest absolute Gasteiger partial charge is 0.488 e. The average Bonchev–Trinajstić information content (AvgIpc) is 3.14. The van der Waals surface area contributed by atoms with E-state index in [-0.39, 0.29) is 0 Å². The van der Waals surface area contributed by atoms with E-state index in [4.69, 9.17) is 10.5 Å². The van der Waals surface area contributed by atoms with Crippen LogP contribution in [0.15, 0.2) is 72.1 Å². The maximum atomic E-state index is 11.9. The molecule has 1 aromatic heterocycles. The zero-order valence-electron chi connectivity index (χ0n) is 12.9. The topological polar surface area (TPSA) is 72.6 Å². The van der Waals surface area contributed by atoms with Crippen molar-refractivity contribution in [1.29, 1.82) is 0 Å². The SMILES string of the molecule is NC(=O)C(O)(c1ccccc1)c1ccc(OCc2cccs2)cc1. The molecule has 3 aromatic rings. The lowest BCUT2D eigenvalue weighted by Gasteiger charge is -2.25. The summed E-state index contributed by atoms with van der Waals surface area (Å²) in [5.41, 5.74) is 4.45. The Bertz CT molecular complexity index is 800. The second kappa shape index (κ2) is 6.86. The third-order valence-electron chi connectivity index (χ3n) is 3.78. The van der Waals surface area contributed by atoms with Gasteiger partial charge >= 0.3 is 0 Å². The summed E-state index contributed by atoms with van der Waals surface area (Å²) in [4.78, 5) is 13.1. The number of hydrogen-bond acceptors (Lipinski definition) is 4. The van der Waals surface area contributed by atoms with Crippen LogP contribution in [0.1, 0.15) is 16.0 Å². The molecule has 0 saturated carbocycles. The molecule has 1 unspecified atom stereocenters. The number of hydrogen-bond donors (Lipinski definition) is 2. The number of ether oxygens (including phenoxy) is 1. The molecular weight excluding hydrogens is 322 g/mol. The summed E-state index contributed by atoms with van der Waals surface area (Å²) in [6, 6.07) is 19.4. The van der Waals surface area contributed by atoms with Crippen molar-refractivity contribution in [1.82, 2.24) is 0 Å². The molecule has 122 valence electrons. The lowest BCUT2D eigenvalue weighted by molar-refractivity contribution is -0.133. The van der Waals surface area contributed by atoms with Crippen molar-refractivity contribution in [3.05, 3.63) is 88.1 Å². The van der Waals surface area contributed by atoms with Gasteiger partial charge in [-0.3, -0.25) is 4.79 Å². The maximum absolute atomic E-state index is 11.9. The van der Waals surface area contributed by atoms with Gasteiger partial charge in [0.25, 0.3) is 5.91 Å². The van der Waals surface area contributed by atoms with Crippen LogP contribution in [-0.2, 0) is 17.0 Å². The Morgan fingerprint density at radius 1 is 1.00 bits per heavy atom. The van der Waals surface area contributed by atoms with Gasteiger partial charge in [-0.2, -0.15) is 0 Å². The van der Waals surface area contributed by atoms with Crippen molar-refractivity contribution in [2.45, 2.75) is 12.2 Å². The second-order valence-corrected chi connectivity index (χ2v) is 6.37. The number of nitrogens with two attached hydrogens (primary N) is 1. The first-order chi connectivity index (χ1) is 11.6. The van der Waals surface area contributed by atoms with Crippen LogP contribution in [0.4, 0.5) is 0 Å². The molecule has 2 aromatic carbocycles.